The monoisotopic (exact) mass is 152 g/mol. The molecule has 0 rings (SSSR count). The van der Waals surface area contributed by atoms with E-state index in [0.717, 1.165) is 0 Å². The molecule has 56 valence electrons. The lowest BCUT2D eigenvalue weighted by Gasteiger charge is -2.06. The van der Waals surface area contributed by atoms with Crippen LogP contribution in [0.1, 0.15) is 13.3 Å². The normalized spacial score (nSPS) is 17.2. The number of nitrogens with two attached hydrogens (primary N) is 1. The molecule has 5 heteroatoms. The van der Waals surface area contributed by atoms with Crippen molar-refractivity contribution in [3.05, 3.63) is 0 Å². The van der Waals surface area contributed by atoms with E-state index >= 15 is 0 Å². The molecule has 0 aromatic carbocycles. The van der Waals surface area contributed by atoms with Gasteiger partial charge in [-0.2, -0.15) is 0 Å². The van der Waals surface area contributed by atoms with E-state index in [1.165, 1.54) is 0 Å². The highest BCUT2D eigenvalue weighted by molar-refractivity contribution is 7.74. The van der Waals surface area contributed by atoms with Gasteiger partial charge in [-0.15, -0.1) is 0 Å². The highest BCUT2D eigenvalue weighted by Crippen LogP contribution is 1.88. The SMILES string of the molecule is CC(N)CCOS(=O)[O-]. The van der Waals surface area contributed by atoms with Crippen LogP contribution in [0.2, 0.25) is 0 Å². The third kappa shape index (κ3) is 8.03. The Morgan fingerprint density at radius 2 is 2.44 bits per heavy atom. The quantitative estimate of drug-likeness (QED) is 0.553. The summed E-state index contributed by atoms with van der Waals surface area (Å²) in [5.74, 6) is 0. The van der Waals surface area contributed by atoms with Gasteiger partial charge >= 0.3 is 0 Å². The Bertz CT molecular complexity index is 95.8. The maximum Gasteiger partial charge on any atom is 0.0842 e. The summed E-state index contributed by atoms with van der Waals surface area (Å²) in [6.45, 7) is 1.96. The molecule has 2 N–H and O–H groups in total. The predicted molar refractivity (Wildman–Crippen MR) is 33.1 cm³/mol. The largest absolute Gasteiger partial charge is 0.750 e. The maximum absolute atomic E-state index is 9.72. The zero-order valence-corrected chi connectivity index (χ0v) is 6.02. The Morgan fingerprint density at radius 3 is 2.78 bits per heavy atom. The zero-order valence-electron chi connectivity index (χ0n) is 5.20. The highest BCUT2D eigenvalue weighted by atomic mass is 32.2. The molecule has 0 aliphatic rings. The molecule has 0 bridgehead atoms. The summed E-state index contributed by atoms with van der Waals surface area (Å²) in [6, 6.07) is -0.00597. The van der Waals surface area contributed by atoms with Gasteiger partial charge in [0, 0.05) is 6.04 Å². The van der Waals surface area contributed by atoms with Crippen molar-refractivity contribution in [2.24, 2.45) is 5.73 Å². The summed E-state index contributed by atoms with van der Waals surface area (Å²) >= 11 is -2.39. The second-order valence-electron chi connectivity index (χ2n) is 1.79. The number of hydrogen-bond acceptors (Lipinski definition) is 4. The standard InChI is InChI=1S/C4H11NO3S/c1-4(5)2-3-8-9(6)7/h4H,2-3,5H2,1H3,(H,6,7)/p-1. The van der Waals surface area contributed by atoms with Gasteiger partial charge in [-0.25, -0.2) is 4.21 Å². The lowest BCUT2D eigenvalue weighted by Crippen LogP contribution is -2.17. The molecule has 9 heavy (non-hydrogen) atoms. The highest BCUT2D eigenvalue weighted by Gasteiger charge is 1.92. The van der Waals surface area contributed by atoms with E-state index < -0.39 is 11.4 Å². The molecule has 0 amide bonds. The maximum atomic E-state index is 9.72. The second kappa shape index (κ2) is 4.87. The molecule has 0 saturated heterocycles. The van der Waals surface area contributed by atoms with Gasteiger partial charge in [0.1, 0.15) is 0 Å². The van der Waals surface area contributed by atoms with Crippen LogP contribution in [0.25, 0.3) is 0 Å². The molecule has 0 aliphatic carbocycles. The van der Waals surface area contributed by atoms with E-state index in [-0.39, 0.29) is 12.6 Å². The van der Waals surface area contributed by atoms with E-state index in [1.807, 2.05) is 0 Å². The fourth-order valence-corrected chi connectivity index (χ4v) is 0.534. The first-order valence-electron chi connectivity index (χ1n) is 2.61. The van der Waals surface area contributed by atoms with E-state index in [4.69, 9.17) is 5.73 Å². The van der Waals surface area contributed by atoms with E-state index in [0.29, 0.717) is 6.42 Å². The summed E-state index contributed by atoms with van der Waals surface area (Å²) in [6.07, 6.45) is 0.563. The third-order valence-electron chi connectivity index (χ3n) is 0.753. The van der Waals surface area contributed by atoms with Gasteiger partial charge in [-0.1, -0.05) is 0 Å². The summed E-state index contributed by atoms with van der Waals surface area (Å²) in [5, 5.41) is 0. The topological polar surface area (TPSA) is 75.4 Å². The van der Waals surface area contributed by atoms with Crippen LogP contribution in [0.5, 0.6) is 0 Å². The van der Waals surface area contributed by atoms with Crippen molar-refractivity contribution in [1.29, 1.82) is 0 Å². The minimum atomic E-state index is -2.39. The molecule has 0 aliphatic heterocycles. The molecule has 2 atom stereocenters. The van der Waals surface area contributed by atoms with E-state index in [2.05, 4.69) is 4.18 Å². The minimum Gasteiger partial charge on any atom is -0.750 e. The van der Waals surface area contributed by atoms with Crippen LogP contribution < -0.4 is 5.73 Å². The summed E-state index contributed by atoms with van der Waals surface area (Å²) in [7, 11) is 0. The van der Waals surface area contributed by atoms with Crippen LogP contribution in [-0.4, -0.2) is 21.4 Å². The third-order valence-corrected chi connectivity index (χ3v) is 1.11. The molecule has 0 radical (unpaired) electrons. The van der Waals surface area contributed by atoms with Crippen LogP contribution in [0.4, 0.5) is 0 Å². The molecule has 0 heterocycles. The molecule has 4 nitrogen and oxygen atoms in total. The smallest absolute Gasteiger partial charge is 0.0842 e. The van der Waals surface area contributed by atoms with Crippen molar-refractivity contribution in [3.8, 4) is 0 Å². The van der Waals surface area contributed by atoms with Crippen molar-refractivity contribution < 1.29 is 12.9 Å². The molecule has 0 aromatic rings. The lowest BCUT2D eigenvalue weighted by atomic mass is 10.3. The molecule has 0 spiro atoms. The fraction of sp³-hybridized carbons (Fsp3) is 1.00. The molecule has 0 fully saturated rings. The summed E-state index contributed by atoms with van der Waals surface area (Å²) in [5.41, 5.74) is 5.30. The average Bonchev–Trinajstić information content (AvgIpc) is 1.63. The van der Waals surface area contributed by atoms with Crippen molar-refractivity contribution >= 4 is 11.4 Å². The van der Waals surface area contributed by atoms with Gasteiger partial charge in [-0.05, 0) is 13.3 Å². The van der Waals surface area contributed by atoms with Crippen molar-refractivity contribution in [1.82, 2.24) is 0 Å². The molecule has 0 saturated carbocycles. The zero-order chi connectivity index (χ0) is 7.28. The van der Waals surface area contributed by atoms with Crippen LogP contribution >= 0.6 is 0 Å². The van der Waals surface area contributed by atoms with Gasteiger partial charge in [-0.3, -0.25) is 0 Å². The number of hydrogen-bond donors (Lipinski definition) is 1. The van der Waals surface area contributed by atoms with Gasteiger partial charge in [0.25, 0.3) is 0 Å². The molecular weight excluding hydrogens is 142 g/mol. The van der Waals surface area contributed by atoms with Crippen molar-refractivity contribution in [3.63, 3.8) is 0 Å². The Hall–Kier alpha value is 0.0300. The Kier molecular flexibility index (Phi) is 4.88. The van der Waals surface area contributed by atoms with E-state index in [1.54, 1.807) is 6.92 Å². The first kappa shape index (κ1) is 9.03. The van der Waals surface area contributed by atoms with Crippen LogP contribution in [0.3, 0.4) is 0 Å². The van der Waals surface area contributed by atoms with Gasteiger partial charge < -0.3 is 14.5 Å². The first-order valence-corrected chi connectivity index (χ1v) is 3.61. The predicted octanol–water partition coefficient (Wildman–Crippen LogP) is -0.466. The van der Waals surface area contributed by atoms with Crippen LogP contribution in [0.15, 0.2) is 0 Å². The lowest BCUT2D eigenvalue weighted by molar-refractivity contribution is 0.288. The Morgan fingerprint density at radius 1 is 1.89 bits per heavy atom. The Labute approximate surface area is 56.9 Å². The van der Waals surface area contributed by atoms with E-state index in [9.17, 15) is 8.76 Å². The molecular formula is C4H10NO3S-. The van der Waals surface area contributed by atoms with Gasteiger partial charge in [0.2, 0.25) is 0 Å². The minimum absolute atomic E-state index is 0.00597. The van der Waals surface area contributed by atoms with Crippen molar-refractivity contribution in [2.45, 2.75) is 19.4 Å². The second-order valence-corrected chi connectivity index (χ2v) is 2.44. The van der Waals surface area contributed by atoms with Gasteiger partial charge in [0.15, 0.2) is 0 Å². The first-order chi connectivity index (χ1) is 4.13. The van der Waals surface area contributed by atoms with Crippen LogP contribution in [-0.2, 0) is 15.5 Å². The molecule has 0 aromatic heterocycles. The van der Waals surface area contributed by atoms with Crippen molar-refractivity contribution in [2.75, 3.05) is 6.61 Å². The fourth-order valence-electron chi connectivity index (χ4n) is 0.302. The number of rotatable bonds is 4. The summed E-state index contributed by atoms with van der Waals surface area (Å²) < 4.78 is 23.6. The van der Waals surface area contributed by atoms with Crippen LogP contribution in [0, 0.1) is 0 Å². The average molecular weight is 152 g/mol. The Balaban J connectivity index is 3.01. The summed E-state index contributed by atoms with van der Waals surface area (Å²) in [4.78, 5) is 0. The van der Waals surface area contributed by atoms with Gasteiger partial charge in [0.05, 0.1) is 18.0 Å². The molecule has 2 unspecified atom stereocenters.